The molecule has 0 saturated heterocycles. The van der Waals surface area contributed by atoms with Gasteiger partial charge in [0.1, 0.15) is 4.88 Å². The Balaban J connectivity index is 1.38. The van der Waals surface area contributed by atoms with E-state index in [1.165, 1.54) is 34.2 Å². The first-order valence-corrected chi connectivity index (χ1v) is 10.2. The Morgan fingerprint density at radius 3 is 2.85 bits per heavy atom. The summed E-state index contributed by atoms with van der Waals surface area (Å²) >= 11 is 2.81. The van der Waals surface area contributed by atoms with E-state index in [-0.39, 0.29) is 5.91 Å². The Kier molecular flexibility index (Phi) is 4.78. The van der Waals surface area contributed by atoms with Gasteiger partial charge in [-0.3, -0.25) is 4.79 Å². The molecule has 0 N–H and O–H groups in total. The molecule has 1 amide bonds. The van der Waals surface area contributed by atoms with E-state index < -0.39 is 0 Å². The van der Waals surface area contributed by atoms with Crippen molar-refractivity contribution in [3.63, 3.8) is 0 Å². The van der Waals surface area contributed by atoms with Crippen LogP contribution in [0.15, 0.2) is 33.9 Å². The summed E-state index contributed by atoms with van der Waals surface area (Å²) in [6.07, 6.45) is 0.904. The lowest BCUT2D eigenvalue weighted by Crippen LogP contribution is -2.37. The summed E-state index contributed by atoms with van der Waals surface area (Å²) in [7, 11) is 0. The van der Waals surface area contributed by atoms with Crippen molar-refractivity contribution in [1.82, 2.24) is 20.1 Å². The third kappa shape index (κ3) is 3.52. The maximum absolute atomic E-state index is 12.5. The molecule has 3 aromatic rings. The number of carbonyl (C=O) groups excluding carboxylic acids is 1. The minimum Gasteiger partial charge on any atom is -0.410 e. The van der Waals surface area contributed by atoms with Crippen LogP contribution in [0.25, 0.3) is 10.8 Å². The van der Waals surface area contributed by atoms with E-state index in [2.05, 4.69) is 27.3 Å². The van der Waals surface area contributed by atoms with Crippen LogP contribution >= 0.6 is 23.1 Å². The minimum absolute atomic E-state index is 0.0917. The lowest BCUT2D eigenvalue weighted by molar-refractivity contribution is -0.129. The molecule has 0 fully saturated rings. The summed E-state index contributed by atoms with van der Waals surface area (Å²) in [6.45, 7) is 5.30. The molecule has 3 heterocycles. The lowest BCUT2D eigenvalue weighted by atomic mass is 10.00. The van der Waals surface area contributed by atoms with Gasteiger partial charge in [0.2, 0.25) is 5.91 Å². The fourth-order valence-electron chi connectivity index (χ4n) is 3.01. The fourth-order valence-corrected chi connectivity index (χ4v) is 4.52. The fraction of sp³-hybridized carbons (Fsp3) is 0.333. The van der Waals surface area contributed by atoms with Crippen molar-refractivity contribution < 1.29 is 9.21 Å². The number of nitrogens with zero attached hydrogens (tertiary/aromatic N) is 4. The summed E-state index contributed by atoms with van der Waals surface area (Å²) in [6, 6.07) is 8.29. The zero-order valence-corrected chi connectivity index (χ0v) is 16.2. The molecular formula is C18H18N4O2S2. The Morgan fingerprint density at radius 1 is 1.27 bits per heavy atom. The largest absolute Gasteiger partial charge is 0.410 e. The predicted octanol–water partition coefficient (Wildman–Crippen LogP) is 3.49. The Labute approximate surface area is 159 Å². The third-order valence-electron chi connectivity index (χ3n) is 4.31. The van der Waals surface area contributed by atoms with E-state index in [0.717, 1.165) is 28.5 Å². The maximum Gasteiger partial charge on any atom is 0.277 e. The second-order valence-corrected chi connectivity index (χ2v) is 8.27. The van der Waals surface area contributed by atoms with Gasteiger partial charge in [0.25, 0.3) is 11.1 Å². The second-order valence-electron chi connectivity index (χ2n) is 6.14. The third-order valence-corrected chi connectivity index (χ3v) is 6.17. The molecule has 4 rings (SSSR count). The standard InChI is InChI=1S/C18H18N4O2S2/c1-11-16(26-12(2)19-11)17-20-21-18(24-17)25-10-15(23)22-8-7-13-5-3-4-6-14(13)9-22/h3-6H,7-10H2,1-2H3. The van der Waals surface area contributed by atoms with Crippen molar-refractivity contribution in [1.29, 1.82) is 0 Å². The molecule has 1 aromatic carbocycles. The number of hydrogen-bond donors (Lipinski definition) is 0. The average Bonchev–Trinajstić information content (AvgIpc) is 3.25. The first-order valence-electron chi connectivity index (χ1n) is 8.35. The normalized spacial score (nSPS) is 13.7. The number of aryl methyl sites for hydroxylation is 2. The van der Waals surface area contributed by atoms with Crippen molar-refractivity contribution >= 4 is 29.0 Å². The van der Waals surface area contributed by atoms with Gasteiger partial charge in [0, 0.05) is 13.1 Å². The zero-order chi connectivity index (χ0) is 18.1. The molecule has 26 heavy (non-hydrogen) atoms. The van der Waals surface area contributed by atoms with Crippen LogP contribution in [0.2, 0.25) is 0 Å². The lowest BCUT2D eigenvalue weighted by Gasteiger charge is -2.28. The number of hydrogen-bond acceptors (Lipinski definition) is 7. The molecule has 134 valence electrons. The Hall–Kier alpha value is -2.19. The highest BCUT2D eigenvalue weighted by atomic mass is 32.2. The summed E-state index contributed by atoms with van der Waals surface area (Å²) < 4.78 is 5.70. The molecule has 0 bridgehead atoms. The average molecular weight is 387 g/mol. The maximum atomic E-state index is 12.5. The molecule has 1 aliphatic heterocycles. The van der Waals surface area contributed by atoms with Crippen LogP contribution in [0.4, 0.5) is 0 Å². The first-order chi connectivity index (χ1) is 12.6. The SMILES string of the molecule is Cc1nc(C)c(-c2nnc(SCC(=O)N3CCc4ccccc4C3)o2)s1. The van der Waals surface area contributed by atoms with Crippen LogP contribution < -0.4 is 0 Å². The van der Waals surface area contributed by atoms with E-state index in [1.807, 2.05) is 30.9 Å². The Bertz CT molecular complexity index is 950. The van der Waals surface area contributed by atoms with Crippen molar-refractivity contribution in [3.05, 3.63) is 46.1 Å². The first kappa shape index (κ1) is 17.2. The summed E-state index contributed by atoms with van der Waals surface area (Å²) in [4.78, 5) is 19.7. The number of benzene rings is 1. The molecule has 0 aliphatic carbocycles. The number of aromatic nitrogens is 3. The van der Waals surface area contributed by atoms with Crippen LogP contribution in [-0.4, -0.2) is 38.3 Å². The molecule has 8 heteroatoms. The second kappa shape index (κ2) is 7.20. The van der Waals surface area contributed by atoms with Crippen molar-refractivity contribution in [3.8, 4) is 10.8 Å². The molecular weight excluding hydrogens is 368 g/mol. The van der Waals surface area contributed by atoms with Gasteiger partial charge >= 0.3 is 0 Å². The van der Waals surface area contributed by atoms with E-state index >= 15 is 0 Å². The van der Waals surface area contributed by atoms with Gasteiger partial charge < -0.3 is 9.32 Å². The minimum atomic E-state index is 0.0917. The highest BCUT2D eigenvalue weighted by Crippen LogP contribution is 2.30. The number of thiazole rings is 1. The van der Waals surface area contributed by atoms with Gasteiger partial charge in [0.15, 0.2) is 0 Å². The number of rotatable bonds is 4. The molecule has 0 spiro atoms. The van der Waals surface area contributed by atoms with Gasteiger partial charge in [-0.25, -0.2) is 4.98 Å². The van der Waals surface area contributed by atoms with Gasteiger partial charge in [0.05, 0.1) is 16.5 Å². The number of thioether (sulfide) groups is 1. The van der Waals surface area contributed by atoms with Crippen LogP contribution in [0.1, 0.15) is 21.8 Å². The Morgan fingerprint density at radius 2 is 2.08 bits per heavy atom. The quantitative estimate of drug-likeness (QED) is 0.639. The van der Waals surface area contributed by atoms with E-state index in [1.54, 1.807) is 0 Å². The van der Waals surface area contributed by atoms with E-state index in [0.29, 0.717) is 23.4 Å². The summed E-state index contributed by atoms with van der Waals surface area (Å²) in [5.41, 5.74) is 3.45. The van der Waals surface area contributed by atoms with Crippen LogP contribution in [0.3, 0.4) is 0 Å². The van der Waals surface area contributed by atoms with Crippen LogP contribution in [-0.2, 0) is 17.8 Å². The molecule has 0 unspecified atom stereocenters. The van der Waals surface area contributed by atoms with Crippen molar-refractivity contribution in [2.24, 2.45) is 0 Å². The number of amides is 1. The zero-order valence-electron chi connectivity index (χ0n) is 14.6. The summed E-state index contributed by atoms with van der Waals surface area (Å²) in [5.74, 6) is 0.855. The molecule has 0 saturated carbocycles. The van der Waals surface area contributed by atoms with Gasteiger partial charge in [-0.1, -0.05) is 36.0 Å². The van der Waals surface area contributed by atoms with Gasteiger partial charge in [-0.15, -0.1) is 21.5 Å². The monoisotopic (exact) mass is 386 g/mol. The molecule has 0 atom stereocenters. The highest BCUT2D eigenvalue weighted by molar-refractivity contribution is 7.99. The van der Waals surface area contributed by atoms with Crippen molar-refractivity contribution in [2.75, 3.05) is 12.3 Å². The highest BCUT2D eigenvalue weighted by Gasteiger charge is 2.21. The summed E-state index contributed by atoms with van der Waals surface area (Å²) in [5, 5.41) is 9.52. The predicted molar refractivity (Wildman–Crippen MR) is 101 cm³/mol. The van der Waals surface area contributed by atoms with Crippen LogP contribution in [0, 0.1) is 13.8 Å². The molecule has 1 aliphatic rings. The van der Waals surface area contributed by atoms with Gasteiger partial charge in [-0.2, -0.15) is 0 Å². The smallest absolute Gasteiger partial charge is 0.277 e. The molecule has 2 aromatic heterocycles. The van der Waals surface area contributed by atoms with E-state index in [9.17, 15) is 4.79 Å². The topological polar surface area (TPSA) is 72.1 Å². The number of carbonyl (C=O) groups is 1. The van der Waals surface area contributed by atoms with Gasteiger partial charge in [-0.05, 0) is 31.4 Å². The van der Waals surface area contributed by atoms with E-state index in [4.69, 9.17) is 4.42 Å². The van der Waals surface area contributed by atoms with Crippen molar-refractivity contribution in [2.45, 2.75) is 32.0 Å². The number of fused-ring (bicyclic) bond motifs is 1. The molecule has 6 nitrogen and oxygen atoms in total. The molecule has 0 radical (unpaired) electrons. The van der Waals surface area contributed by atoms with Crippen LogP contribution in [0.5, 0.6) is 0 Å².